The number of aliphatic carboxylic acids is 2. The van der Waals surface area contributed by atoms with Gasteiger partial charge in [0.05, 0.1) is 0 Å². The summed E-state index contributed by atoms with van der Waals surface area (Å²) in [7, 11) is 8.87. The van der Waals surface area contributed by atoms with Crippen molar-refractivity contribution >= 4 is 35.5 Å². The van der Waals surface area contributed by atoms with Crippen molar-refractivity contribution in [2.24, 2.45) is 11.8 Å². The molecule has 52 heavy (non-hydrogen) atoms. The standard InChI is InChI=1S/2C18H34N2S.C4H6O6/c2*1-14(12-19(2)3)13-20-15-8-4-6-10-17(15)21-18-11-7-5-9-16(18)20;5-1(3(7)8)2(6)4(9)10/h2*14-18H,4-13H2,1-3H3;1-2,5-6H,(H,7,8)(H,9,10). The molecule has 0 aromatic rings. The molecule has 10 nitrogen and oxygen atoms in total. The number of hydrogen-bond donors (Lipinski definition) is 4. The first-order valence-electron chi connectivity index (χ1n) is 20.7. The van der Waals surface area contributed by atoms with Gasteiger partial charge < -0.3 is 30.2 Å². The normalized spacial score (nSPS) is 34.4. The summed E-state index contributed by atoms with van der Waals surface area (Å²) in [5.74, 6) is -1.94. The molecular weight excluding hydrogens is 697 g/mol. The van der Waals surface area contributed by atoms with E-state index in [4.69, 9.17) is 20.4 Å². The fraction of sp³-hybridized carbons (Fsp3) is 0.950. The molecule has 4 aliphatic carbocycles. The van der Waals surface area contributed by atoms with Crippen LogP contribution in [0.2, 0.25) is 0 Å². The van der Waals surface area contributed by atoms with E-state index in [-0.39, 0.29) is 0 Å². The van der Waals surface area contributed by atoms with Gasteiger partial charge in [-0.3, -0.25) is 9.80 Å². The zero-order valence-corrected chi connectivity index (χ0v) is 34.9. The molecule has 12 heteroatoms. The Bertz CT molecular complexity index is 963. The van der Waals surface area contributed by atoms with E-state index in [9.17, 15) is 9.59 Å². The molecule has 6 rings (SSSR count). The van der Waals surface area contributed by atoms with Crippen LogP contribution in [0.15, 0.2) is 0 Å². The molecule has 2 aliphatic heterocycles. The highest BCUT2D eigenvalue weighted by Crippen LogP contribution is 2.48. The maximum absolute atomic E-state index is 9.77. The molecule has 12 unspecified atom stereocenters. The van der Waals surface area contributed by atoms with Crippen LogP contribution in [0.1, 0.15) is 117 Å². The lowest BCUT2D eigenvalue weighted by atomic mass is 9.86. The van der Waals surface area contributed by atoms with E-state index in [1.54, 1.807) is 0 Å². The fourth-order valence-corrected chi connectivity index (χ4v) is 14.3. The Morgan fingerprint density at radius 3 is 1.02 bits per heavy atom. The van der Waals surface area contributed by atoms with Gasteiger partial charge in [0, 0.05) is 71.3 Å². The summed E-state index contributed by atoms with van der Waals surface area (Å²) in [6, 6.07) is 3.58. The van der Waals surface area contributed by atoms with Crippen LogP contribution in [0.3, 0.4) is 0 Å². The van der Waals surface area contributed by atoms with Crippen molar-refractivity contribution in [3.8, 4) is 0 Å². The predicted molar refractivity (Wildman–Crippen MR) is 215 cm³/mol. The zero-order valence-electron chi connectivity index (χ0n) is 33.3. The summed E-state index contributed by atoms with van der Waals surface area (Å²) in [6.45, 7) is 10.0. The zero-order chi connectivity index (χ0) is 37.9. The molecule has 12 atom stereocenters. The van der Waals surface area contributed by atoms with Gasteiger partial charge in [-0.1, -0.05) is 65.2 Å². The molecule has 0 bridgehead atoms. The van der Waals surface area contributed by atoms with Crippen LogP contribution in [0.5, 0.6) is 0 Å². The number of carboxylic acid groups (broad SMARTS) is 2. The highest BCUT2D eigenvalue weighted by Gasteiger charge is 2.46. The van der Waals surface area contributed by atoms with Crippen LogP contribution >= 0.6 is 23.5 Å². The van der Waals surface area contributed by atoms with Gasteiger partial charge in [0.1, 0.15) is 0 Å². The third kappa shape index (κ3) is 12.7. The molecule has 0 spiro atoms. The lowest BCUT2D eigenvalue weighted by Gasteiger charge is -2.54. The summed E-state index contributed by atoms with van der Waals surface area (Å²) < 4.78 is 0. The summed E-state index contributed by atoms with van der Waals surface area (Å²) >= 11 is 4.78. The molecule has 302 valence electrons. The van der Waals surface area contributed by atoms with Crippen LogP contribution in [-0.2, 0) is 9.59 Å². The van der Waals surface area contributed by atoms with Crippen LogP contribution < -0.4 is 0 Å². The van der Waals surface area contributed by atoms with Crippen molar-refractivity contribution in [3.63, 3.8) is 0 Å². The molecule has 6 aliphatic rings. The highest BCUT2D eigenvalue weighted by atomic mass is 32.2. The van der Waals surface area contributed by atoms with Crippen molar-refractivity contribution in [1.29, 1.82) is 0 Å². The van der Waals surface area contributed by atoms with Gasteiger partial charge in [-0.05, 0) is 91.4 Å². The fourth-order valence-electron chi connectivity index (χ4n) is 10.3. The van der Waals surface area contributed by atoms with Crippen LogP contribution in [-0.4, -0.2) is 164 Å². The van der Waals surface area contributed by atoms with Gasteiger partial charge in [0.25, 0.3) is 0 Å². The minimum Gasteiger partial charge on any atom is -0.479 e. The van der Waals surface area contributed by atoms with Gasteiger partial charge >= 0.3 is 11.9 Å². The lowest BCUT2D eigenvalue weighted by Crippen LogP contribution is -2.59. The number of aliphatic hydroxyl groups is 2. The van der Waals surface area contributed by atoms with Crippen molar-refractivity contribution in [3.05, 3.63) is 0 Å². The Kier molecular flexibility index (Phi) is 18.4. The van der Waals surface area contributed by atoms with Crippen molar-refractivity contribution < 1.29 is 30.0 Å². The second-order valence-electron chi connectivity index (χ2n) is 17.5. The van der Waals surface area contributed by atoms with Crippen molar-refractivity contribution in [1.82, 2.24) is 19.6 Å². The monoisotopic (exact) mass is 771 g/mol. The van der Waals surface area contributed by atoms with Crippen LogP contribution in [0, 0.1) is 11.8 Å². The largest absolute Gasteiger partial charge is 0.479 e. The summed E-state index contributed by atoms with van der Waals surface area (Å²) in [5, 5.41) is 36.3. The van der Waals surface area contributed by atoms with E-state index < -0.39 is 24.1 Å². The highest BCUT2D eigenvalue weighted by molar-refractivity contribution is 8.00. The van der Waals surface area contributed by atoms with E-state index in [1.165, 1.54) is 129 Å². The minimum atomic E-state index is -2.27. The number of carbonyl (C=O) groups is 2. The van der Waals surface area contributed by atoms with E-state index in [0.29, 0.717) is 0 Å². The first kappa shape index (κ1) is 44.1. The third-order valence-corrected chi connectivity index (χ3v) is 15.9. The molecule has 0 amide bonds. The average Bonchev–Trinajstić information content (AvgIpc) is 3.10. The van der Waals surface area contributed by atoms with Gasteiger partial charge in [-0.2, -0.15) is 23.5 Å². The van der Waals surface area contributed by atoms with Crippen molar-refractivity contribution in [2.45, 2.75) is 174 Å². The predicted octanol–water partition coefficient (Wildman–Crippen LogP) is 5.59. The molecule has 2 saturated heterocycles. The average molecular weight is 771 g/mol. The Hall–Kier alpha value is -0.600. The van der Waals surface area contributed by atoms with Gasteiger partial charge in [-0.25, -0.2) is 9.59 Å². The third-order valence-electron chi connectivity index (χ3n) is 12.3. The number of aliphatic hydroxyl groups excluding tert-OH is 2. The molecular formula is C40H74N4O6S2. The van der Waals surface area contributed by atoms with E-state index in [0.717, 1.165) is 57.0 Å². The molecule has 0 radical (unpaired) electrons. The number of rotatable bonds is 11. The maximum Gasteiger partial charge on any atom is 0.335 e. The van der Waals surface area contributed by atoms with Crippen molar-refractivity contribution in [2.75, 3.05) is 54.4 Å². The van der Waals surface area contributed by atoms with Gasteiger partial charge in [-0.15, -0.1) is 0 Å². The molecule has 0 aromatic heterocycles. The SMILES string of the molecule is CC(CN(C)C)CN1C2CCCCC2SC2CCCCC21.CC(CN(C)C)CN1C2CCCCC2SC2CCCCC21.O=C(O)C(O)C(O)C(=O)O. The van der Waals surface area contributed by atoms with Gasteiger partial charge in [0.15, 0.2) is 12.2 Å². The number of carboxylic acids is 2. The Morgan fingerprint density at radius 1 is 0.538 bits per heavy atom. The molecule has 6 fully saturated rings. The summed E-state index contributed by atoms with van der Waals surface area (Å²) in [5.41, 5.74) is 0. The first-order valence-corrected chi connectivity index (χ1v) is 22.6. The quantitative estimate of drug-likeness (QED) is 0.209. The minimum absolute atomic E-state index is 0.799. The summed E-state index contributed by atoms with van der Waals surface area (Å²) in [6.07, 6.45) is 19.1. The number of fused-ring (bicyclic) bond motifs is 4. The van der Waals surface area contributed by atoms with E-state index in [2.05, 4.69) is 85.2 Å². The Morgan fingerprint density at radius 2 is 0.788 bits per heavy atom. The second-order valence-corrected chi connectivity index (χ2v) is 20.5. The topological polar surface area (TPSA) is 128 Å². The number of nitrogens with zero attached hydrogens (tertiary/aromatic N) is 4. The van der Waals surface area contributed by atoms with E-state index in [1.807, 2.05) is 0 Å². The van der Waals surface area contributed by atoms with Crippen LogP contribution in [0.25, 0.3) is 0 Å². The summed E-state index contributed by atoms with van der Waals surface area (Å²) in [4.78, 5) is 30.3. The number of thioether (sulfide) groups is 2. The van der Waals surface area contributed by atoms with E-state index >= 15 is 0 Å². The Balaban J connectivity index is 0.000000187. The smallest absolute Gasteiger partial charge is 0.335 e. The van der Waals surface area contributed by atoms with Crippen LogP contribution in [0.4, 0.5) is 0 Å². The second kappa shape index (κ2) is 21.6. The first-order chi connectivity index (χ1) is 24.8. The maximum atomic E-state index is 9.77. The Labute approximate surface area is 324 Å². The molecule has 2 heterocycles. The lowest BCUT2D eigenvalue weighted by molar-refractivity contribution is -0.165. The molecule has 4 saturated carbocycles. The van der Waals surface area contributed by atoms with Gasteiger partial charge in [0.2, 0.25) is 0 Å². The molecule has 0 aromatic carbocycles. The molecule has 4 N–H and O–H groups in total. The number of hydrogen-bond acceptors (Lipinski definition) is 10.